The van der Waals surface area contributed by atoms with Crippen LogP contribution in [0.15, 0.2) is 24.3 Å². The first-order valence-electron chi connectivity index (χ1n) is 8.09. The van der Waals surface area contributed by atoms with E-state index in [2.05, 4.69) is 20.1 Å². The number of aliphatic hydroxyl groups is 1. The molecule has 0 unspecified atom stereocenters. The molecule has 0 saturated carbocycles. The molecule has 0 rings (SSSR count). The molecule has 0 aliphatic rings. The van der Waals surface area contributed by atoms with Crippen molar-refractivity contribution in [2.75, 3.05) is 6.61 Å². The third-order valence-corrected chi connectivity index (χ3v) is 2.74. The molecule has 0 bridgehead atoms. The highest BCUT2D eigenvalue weighted by Gasteiger charge is 1.91. The number of aliphatic carboxylic acids is 2. The number of aliphatic hydroxyl groups excluding tert-OH is 1. The Hall–Kier alpha value is -1.62. The smallest absolute Gasteiger partial charge is 0.330 e. The lowest BCUT2D eigenvalue weighted by atomic mass is 10.1. The lowest BCUT2D eigenvalue weighted by Crippen LogP contribution is -1.92. The minimum Gasteiger partial charge on any atom is -0.478 e. The zero-order valence-electron chi connectivity index (χ0n) is 14.9. The van der Waals surface area contributed by atoms with Crippen molar-refractivity contribution in [2.45, 2.75) is 72.1 Å². The molecule has 0 spiro atoms. The van der Waals surface area contributed by atoms with Crippen molar-refractivity contribution in [3.63, 3.8) is 0 Å². The van der Waals surface area contributed by atoms with Gasteiger partial charge in [-0.3, -0.25) is 0 Å². The standard InChI is InChI=1S/C10H22O.2C4H6O2/c1-2-3-4-5-6-7-8-9-10-11;2*1-3(2)4(5)6/h11H,2-10H2,1H3;2*1H2,2H3,(H,5,6). The van der Waals surface area contributed by atoms with Crippen molar-refractivity contribution in [2.24, 2.45) is 0 Å². The molecule has 5 nitrogen and oxygen atoms in total. The third-order valence-electron chi connectivity index (χ3n) is 2.74. The Bertz CT molecular complexity index is 278. The Kier molecular flexibility index (Phi) is 23.3. The molecule has 0 heterocycles. The summed E-state index contributed by atoms with van der Waals surface area (Å²) in [5, 5.41) is 24.3. The van der Waals surface area contributed by atoms with E-state index >= 15 is 0 Å². The van der Waals surface area contributed by atoms with Crippen LogP contribution in [0.2, 0.25) is 0 Å². The average Bonchev–Trinajstić information content (AvgIpc) is 2.47. The van der Waals surface area contributed by atoms with Crippen LogP contribution in [-0.4, -0.2) is 33.9 Å². The minimum absolute atomic E-state index is 0.176. The molecule has 3 N–H and O–H groups in total. The summed E-state index contributed by atoms with van der Waals surface area (Å²) < 4.78 is 0. The number of carbonyl (C=O) groups is 2. The summed E-state index contributed by atoms with van der Waals surface area (Å²) in [6.07, 6.45) is 10.4. The fraction of sp³-hybridized carbons (Fsp3) is 0.667. The predicted molar refractivity (Wildman–Crippen MR) is 94.6 cm³/mol. The van der Waals surface area contributed by atoms with Crippen LogP contribution >= 0.6 is 0 Å². The maximum Gasteiger partial charge on any atom is 0.330 e. The van der Waals surface area contributed by atoms with Gasteiger partial charge in [0.05, 0.1) is 0 Å². The van der Waals surface area contributed by atoms with Crippen molar-refractivity contribution in [1.82, 2.24) is 0 Å². The van der Waals surface area contributed by atoms with Gasteiger partial charge in [0.1, 0.15) is 0 Å². The maximum atomic E-state index is 9.60. The summed E-state index contributed by atoms with van der Waals surface area (Å²) in [6, 6.07) is 0. The number of hydrogen-bond donors (Lipinski definition) is 3. The van der Waals surface area contributed by atoms with Gasteiger partial charge in [0.2, 0.25) is 0 Å². The van der Waals surface area contributed by atoms with Crippen molar-refractivity contribution in [3.8, 4) is 0 Å². The first-order chi connectivity index (χ1) is 10.7. The van der Waals surface area contributed by atoms with E-state index in [-0.39, 0.29) is 11.1 Å². The maximum absolute atomic E-state index is 9.60. The van der Waals surface area contributed by atoms with E-state index in [0.717, 1.165) is 6.42 Å². The van der Waals surface area contributed by atoms with Gasteiger partial charge in [-0.25, -0.2) is 9.59 Å². The van der Waals surface area contributed by atoms with Crippen molar-refractivity contribution >= 4 is 11.9 Å². The van der Waals surface area contributed by atoms with E-state index in [4.69, 9.17) is 15.3 Å². The van der Waals surface area contributed by atoms with Gasteiger partial charge < -0.3 is 15.3 Å². The molecular weight excluding hydrogens is 296 g/mol. The lowest BCUT2D eigenvalue weighted by molar-refractivity contribution is -0.133. The Balaban J connectivity index is -0.000000284. The molecular formula is C18H34O5. The predicted octanol–water partition coefficient (Wildman–Crippen LogP) is 4.41. The van der Waals surface area contributed by atoms with Gasteiger partial charge in [0.15, 0.2) is 0 Å². The fourth-order valence-electron chi connectivity index (χ4n) is 1.25. The first kappa shape index (κ1) is 26.3. The highest BCUT2D eigenvalue weighted by atomic mass is 16.4. The normalized spacial score (nSPS) is 8.87. The molecule has 136 valence electrons. The Labute approximate surface area is 140 Å². The third kappa shape index (κ3) is 33.3. The summed E-state index contributed by atoms with van der Waals surface area (Å²) in [5.41, 5.74) is 0.352. The van der Waals surface area contributed by atoms with Gasteiger partial charge in [-0.2, -0.15) is 0 Å². The monoisotopic (exact) mass is 330 g/mol. The minimum atomic E-state index is -0.935. The second-order valence-corrected chi connectivity index (χ2v) is 5.37. The van der Waals surface area contributed by atoms with E-state index in [1.54, 1.807) is 0 Å². The van der Waals surface area contributed by atoms with E-state index in [1.807, 2.05) is 0 Å². The van der Waals surface area contributed by atoms with E-state index in [0.29, 0.717) is 6.61 Å². The van der Waals surface area contributed by atoms with Crippen molar-refractivity contribution in [1.29, 1.82) is 0 Å². The number of rotatable bonds is 10. The van der Waals surface area contributed by atoms with Crippen LogP contribution in [0.5, 0.6) is 0 Å². The van der Waals surface area contributed by atoms with Crippen LogP contribution < -0.4 is 0 Å². The highest BCUT2D eigenvalue weighted by Crippen LogP contribution is 2.07. The molecule has 23 heavy (non-hydrogen) atoms. The summed E-state index contributed by atoms with van der Waals surface area (Å²) in [4.78, 5) is 19.2. The van der Waals surface area contributed by atoms with Gasteiger partial charge in [0, 0.05) is 17.8 Å². The largest absolute Gasteiger partial charge is 0.478 e. The number of carboxylic acids is 2. The second-order valence-electron chi connectivity index (χ2n) is 5.37. The van der Waals surface area contributed by atoms with Gasteiger partial charge in [-0.15, -0.1) is 0 Å². The average molecular weight is 330 g/mol. The van der Waals surface area contributed by atoms with Crippen LogP contribution in [0.3, 0.4) is 0 Å². The van der Waals surface area contributed by atoms with Gasteiger partial charge in [-0.1, -0.05) is 65.0 Å². The van der Waals surface area contributed by atoms with Crippen LogP contribution in [-0.2, 0) is 9.59 Å². The van der Waals surface area contributed by atoms with E-state index in [1.165, 1.54) is 58.8 Å². The van der Waals surface area contributed by atoms with Gasteiger partial charge in [0.25, 0.3) is 0 Å². The molecule has 0 aromatic rings. The van der Waals surface area contributed by atoms with Gasteiger partial charge >= 0.3 is 11.9 Å². The number of carboxylic acid groups (broad SMARTS) is 2. The topological polar surface area (TPSA) is 94.8 Å². The van der Waals surface area contributed by atoms with Crippen LogP contribution in [0.1, 0.15) is 72.1 Å². The van der Waals surface area contributed by atoms with Crippen molar-refractivity contribution in [3.05, 3.63) is 24.3 Å². The van der Waals surface area contributed by atoms with Crippen LogP contribution in [0.25, 0.3) is 0 Å². The Morgan fingerprint density at radius 1 is 0.739 bits per heavy atom. The van der Waals surface area contributed by atoms with Crippen molar-refractivity contribution < 1.29 is 24.9 Å². The SMILES string of the molecule is C=C(C)C(=O)O.C=C(C)C(=O)O.CCCCCCCCCCO. The Morgan fingerprint density at radius 3 is 1.22 bits per heavy atom. The molecule has 0 saturated heterocycles. The molecule has 0 radical (unpaired) electrons. The molecule has 0 aromatic carbocycles. The van der Waals surface area contributed by atoms with Crippen LogP contribution in [0, 0.1) is 0 Å². The zero-order chi connectivity index (χ0) is 18.7. The molecule has 0 atom stereocenters. The molecule has 0 aliphatic carbocycles. The number of hydrogen-bond acceptors (Lipinski definition) is 3. The molecule has 0 aliphatic heterocycles. The van der Waals surface area contributed by atoms with E-state index < -0.39 is 11.9 Å². The summed E-state index contributed by atoms with van der Waals surface area (Å²) >= 11 is 0. The Morgan fingerprint density at radius 2 is 1.00 bits per heavy atom. The van der Waals surface area contributed by atoms with Gasteiger partial charge in [-0.05, 0) is 20.3 Å². The quantitative estimate of drug-likeness (QED) is 0.407. The summed E-state index contributed by atoms with van der Waals surface area (Å²) in [6.45, 7) is 11.8. The second kappa shape index (κ2) is 20.4. The highest BCUT2D eigenvalue weighted by molar-refractivity contribution is 5.85. The zero-order valence-corrected chi connectivity index (χ0v) is 14.9. The summed E-state index contributed by atoms with van der Waals surface area (Å²) in [5.74, 6) is -1.87. The molecule has 5 heteroatoms. The molecule has 0 amide bonds. The van der Waals surface area contributed by atoms with Crippen LogP contribution in [0.4, 0.5) is 0 Å². The van der Waals surface area contributed by atoms with E-state index in [9.17, 15) is 9.59 Å². The molecule has 0 aromatic heterocycles. The first-order valence-corrected chi connectivity index (χ1v) is 8.09. The molecule has 0 fully saturated rings. The fourth-order valence-corrected chi connectivity index (χ4v) is 1.25. The lowest BCUT2D eigenvalue weighted by Gasteiger charge is -1.98. The summed E-state index contributed by atoms with van der Waals surface area (Å²) in [7, 11) is 0. The number of unbranched alkanes of at least 4 members (excludes halogenated alkanes) is 7.